The summed E-state index contributed by atoms with van der Waals surface area (Å²) in [4.78, 5) is 36.5. The first kappa shape index (κ1) is 24.9. The molecule has 2 saturated heterocycles. The summed E-state index contributed by atoms with van der Waals surface area (Å²) in [7, 11) is 0. The molecule has 3 heterocycles. The molecule has 7 nitrogen and oxygen atoms in total. The molecule has 0 unspecified atom stereocenters. The molecule has 0 N–H and O–H groups in total. The summed E-state index contributed by atoms with van der Waals surface area (Å²) in [6.07, 6.45) is 0. The third kappa shape index (κ3) is 5.15. The number of fused-ring (bicyclic) bond motifs is 1. The van der Waals surface area contributed by atoms with Crippen LogP contribution in [0.15, 0.2) is 84.9 Å². The van der Waals surface area contributed by atoms with E-state index < -0.39 is 5.91 Å². The number of Topliss-reactive ketones (excluding diaryl/α,β-unsaturated/α-hetero) is 1. The third-order valence-electron chi connectivity index (χ3n) is 8.09. The van der Waals surface area contributed by atoms with Gasteiger partial charge in [-0.15, -0.1) is 0 Å². The largest absolute Gasteiger partial charge is 0.300 e. The van der Waals surface area contributed by atoms with Crippen molar-refractivity contribution in [3.05, 3.63) is 102 Å². The first-order chi connectivity index (χ1) is 18.7. The summed E-state index contributed by atoms with van der Waals surface area (Å²) < 4.78 is 0. The van der Waals surface area contributed by atoms with E-state index >= 15 is 0 Å². The van der Waals surface area contributed by atoms with Gasteiger partial charge in [0.05, 0.1) is 30.6 Å². The Morgan fingerprint density at radius 1 is 0.553 bits per heavy atom. The smallest absolute Gasteiger partial charge is 0.291 e. The van der Waals surface area contributed by atoms with E-state index in [2.05, 4.69) is 80.3 Å². The molecular formula is C31H35N5O2. The second kappa shape index (κ2) is 11.2. The van der Waals surface area contributed by atoms with Crippen molar-refractivity contribution in [2.75, 3.05) is 70.6 Å². The molecule has 0 saturated carbocycles. The van der Waals surface area contributed by atoms with Crippen LogP contribution in [0.5, 0.6) is 0 Å². The van der Waals surface area contributed by atoms with Crippen LogP contribution in [0.2, 0.25) is 0 Å². The lowest BCUT2D eigenvalue weighted by atomic mass is 9.96. The molecule has 38 heavy (non-hydrogen) atoms. The van der Waals surface area contributed by atoms with E-state index in [0.717, 1.165) is 64.7 Å². The van der Waals surface area contributed by atoms with Gasteiger partial charge in [0.2, 0.25) is 0 Å². The minimum Gasteiger partial charge on any atom is -0.291 e. The lowest BCUT2D eigenvalue weighted by Gasteiger charge is -2.43. The first-order valence-corrected chi connectivity index (χ1v) is 13.6. The Morgan fingerprint density at radius 3 is 1.61 bits per heavy atom. The fourth-order valence-corrected chi connectivity index (χ4v) is 5.99. The van der Waals surface area contributed by atoms with Gasteiger partial charge in [-0.2, -0.15) is 0 Å². The molecule has 2 fully saturated rings. The first-order valence-electron chi connectivity index (χ1n) is 13.6. The van der Waals surface area contributed by atoms with Gasteiger partial charge in [0, 0.05) is 52.4 Å². The van der Waals surface area contributed by atoms with E-state index in [4.69, 9.17) is 0 Å². The van der Waals surface area contributed by atoms with Crippen LogP contribution in [-0.4, -0.2) is 97.0 Å². The van der Waals surface area contributed by atoms with Gasteiger partial charge < -0.3 is 0 Å². The number of piperazine rings is 2. The van der Waals surface area contributed by atoms with Crippen molar-refractivity contribution < 1.29 is 9.59 Å². The molecule has 0 aromatic heterocycles. The number of hydrogen-bond donors (Lipinski definition) is 0. The zero-order chi connectivity index (χ0) is 25.9. The quantitative estimate of drug-likeness (QED) is 0.456. The summed E-state index contributed by atoms with van der Waals surface area (Å²) in [5, 5.41) is 0. The van der Waals surface area contributed by atoms with Gasteiger partial charge in [-0.1, -0.05) is 72.8 Å². The van der Waals surface area contributed by atoms with Crippen molar-refractivity contribution in [1.29, 1.82) is 0 Å². The zero-order valence-corrected chi connectivity index (χ0v) is 21.8. The fourth-order valence-electron chi connectivity index (χ4n) is 5.99. The van der Waals surface area contributed by atoms with Crippen LogP contribution in [0.25, 0.3) is 0 Å². The van der Waals surface area contributed by atoms with Crippen molar-refractivity contribution in [2.24, 2.45) is 0 Å². The third-order valence-corrected chi connectivity index (χ3v) is 8.09. The van der Waals surface area contributed by atoms with Gasteiger partial charge in [-0.05, 0) is 23.3 Å². The molecule has 0 atom stereocenters. The van der Waals surface area contributed by atoms with E-state index in [1.165, 1.54) is 11.1 Å². The summed E-state index contributed by atoms with van der Waals surface area (Å²) in [5.41, 5.74) is 3.97. The van der Waals surface area contributed by atoms with Gasteiger partial charge in [0.1, 0.15) is 0 Å². The predicted molar refractivity (Wildman–Crippen MR) is 149 cm³/mol. The molecule has 3 aliphatic rings. The molecule has 0 bridgehead atoms. The fraction of sp³-hybridized carbons (Fsp3) is 0.355. The maximum Gasteiger partial charge on any atom is 0.300 e. The van der Waals surface area contributed by atoms with E-state index in [1.807, 2.05) is 18.2 Å². The van der Waals surface area contributed by atoms with Crippen molar-refractivity contribution in [3.8, 4) is 0 Å². The Labute approximate surface area is 224 Å². The number of carbonyl (C=O) groups excluding carboxylic acids is 2. The molecular weight excluding hydrogens is 474 g/mol. The highest BCUT2D eigenvalue weighted by atomic mass is 16.2. The molecule has 0 aliphatic carbocycles. The number of carbonyl (C=O) groups is 2. The number of benzene rings is 3. The molecule has 6 rings (SSSR count). The monoisotopic (exact) mass is 509 g/mol. The van der Waals surface area contributed by atoms with Crippen LogP contribution in [-0.2, 0) is 4.79 Å². The Hall–Kier alpha value is -3.36. The second-order valence-electron chi connectivity index (χ2n) is 10.5. The van der Waals surface area contributed by atoms with Crippen LogP contribution < -0.4 is 4.90 Å². The number of ketones is 1. The lowest BCUT2D eigenvalue weighted by Crippen LogP contribution is -2.55. The molecule has 196 valence electrons. The van der Waals surface area contributed by atoms with Gasteiger partial charge in [0.15, 0.2) is 0 Å². The van der Waals surface area contributed by atoms with Crippen LogP contribution in [0, 0.1) is 0 Å². The summed E-state index contributed by atoms with van der Waals surface area (Å²) >= 11 is 0. The number of amides is 1. The van der Waals surface area contributed by atoms with Gasteiger partial charge >= 0.3 is 5.91 Å². The maximum atomic E-state index is 12.5. The molecule has 1 amide bonds. The van der Waals surface area contributed by atoms with Crippen LogP contribution in [0.4, 0.5) is 5.69 Å². The van der Waals surface area contributed by atoms with Crippen molar-refractivity contribution in [3.63, 3.8) is 0 Å². The number of nitrogens with zero attached hydrogens (tertiary/aromatic N) is 5. The van der Waals surface area contributed by atoms with E-state index in [1.54, 1.807) is 11.0 Å². The van der Waals surface area contributed by atoms with Gasteiger partial charge in [-0.25, -0.2) is 0 Å². The number of hydrogen-bond acceptors (Lipinski definition) is 6. The minimum absolute atomic E-state index is 0.286. The Balaban J connectivity index is 1.01. The molecule has 0 spiro atoms. The second-order valence-corrected chi connectivity index (χ2v) is 10.5. The van der Waals surface area contributed by atoms with E-state index in [0.29, 0.717) is 12.2 Å². The number of para-hydroxylation sites is 1. The molecule has 3 aromatic carbocycles. The van der Waals surface area contributed by atoms with Gasteiger partial charge in [-0.3, -0.25) is 34.1 Å². The zero-order valence-electron chi connectivity index (χ0n) is 21.8. The number of rotatable bonds is 7. The Bertz CT molecular complexity index is 1210. The van der Waals surface area contributed by atoms with Crippen LogP contribution in [0.1, 0.15) is 27.5 Å². The summed E-state index contributed by atoms with van der Waals surface area (Å²) in [6, 6.07) is 29.3. The molecule has 3 aromatic rings. The summed E-state index contributed by atoms with van der Waals surface area (Å²) in [6.45, 7) is 9.37. The lowest BCUT2D eigenvalue weighted by molar-refractivity contribution is -0.114. The highest BCUT2D eigenvalue weighted by Crippen LogP contribution is 2.30. The van der Waals surface area contributed by atoms with Crippen molar-refractivity contribution >= 4 is 17.4 Å². The molecule has 7 heteroatoms. The molecule has 0 radical (unpaired) electrons. The van der Waals surface area contributed by atoms with Crippen LogP contribution >= 0.6 is 0 Å². The minimum atomic E-state index is -0.407. The number of anilines is 1. The normalized spacial score (nSPS) is 19.9. The summed E-state index contributed by atoms with van der Waals surface area (Å²) in [5.74, 6) is -0.795. The van der Waals surface area contributed by atoms with E-state index in [-0.39, 0.29) is 11.8 Å². The van der Waals surface area contributed by atoms with Crippen molar-refractivity contribution in [2.45, 2.75) is 6.04 Å². The molecule has 3 aliphatic heterocycles. The maximum absolute atomic E-state index is 12.5. The average molecular weight is 510 g/mol. The SMILES string of the molecule is O=C1C(=O)N(CN2CCN(CN3CCN(C(c4ccccc4)c4ccccc4)CC3)CC2)c2ccccc21. The topological polar surface area (TPSA) is 50.3 Å². The highest BCUT2D eigenvalue weighted by Gasteiger charge is 2.36. The van der Waals surface area contributed by atoms with Gasteiger partial charge in [0.25, 0.3) is 5.78 Å². The van der Waals surface area contributed by atoms with E-state index in [9.17, 15) is 9.59 Å². The Morgan fingerprint density at radius 2 is 1.03 bits per heavy atom. The standard InChI is InChI=1S/C31H35N5O2/c37-30-27-13-7-8-14-28(27)36(31(30)38)24-34-17-15-32(16-18-34)23-33-19-21-35(22-20-33)29(25-9-3-1-4-10-25)26-11-5-2-6-12-26/h1-14,29H,15-24H2. The Kier molecular flexibility index (Phi) is 7.33. The van der Waals surface area contributed by atoms with Crippen molar-refractivity contribution in [1.82, 2.24) is 19.6 Å². The van der Waals surface area contributed by atoms with Crippen LogP contribution in [0.3, 0.4) is 0 Å². The predicted octanol–water partition coefficient (Wildman–Crippen LogP) is 3.16. The average Bonchev–Trinajstić information content (AvgIpc) is 3.21. The highest BCUT2D eigenvalue weighted by molar-refractivity contribution is 6.52.